The summed E-state index contributed by atoms with van der Waals surface area (Å²) in [7, 11) is 0. The highest BCUT2D eigenvalue weighted by Crippen LogP contribution is 2.01. The minimum Gasteiger partial charge on any atom is -0.348 e. The van der Waals surface area contributed by atoms with Gasteiger partial charge < -0.3 is 10.6 Å². The van der Waals surface area contributed by atoms with Gasteiger partial charge in [0.25, 0.3) is 0 Å². The molecule has 0 fully saturated rings. The van der Waals surface area contributed by atoms with Crippen LogP contribution in [0, 0.1) is 0 Å². The fraction of sp³-hybridized carbons (Fsp3) is 0.333. The van der Waals surface area contributed by atoms with E-state index in [4.69, 9.17) is 0 Å². The van der Waals surface area contributed by atoms with Crippen molar-refractivity contribution in [1.29, 1.82) is 0 Å². The zero-order valence-corrected chi connectivity index (χ0v) is 8.64. The number of carbonyl (C=O) groups is 1. The van der Waals surface area contributed by atoms with Gasteiger partial charge in [0.15, 0.2) is 0 Å². The van der Waals surface area contributed by atoms with Crippen molar-refractivity contribution >= 4 is 17.2 Å². The summed E-state index contributed by atoms with van der Waals surface area (Å²) in [5, 5.41) is 8.48. The Morgan fingerprint density at radius 3 is 3.21 bits per heavy atom. The third-order valence-corrected chi connectivity index (χ3v) is 2.27. The molecule has 0 aliphatic rings. The molecule has 0 saturated heterocycles. The van der Waals surface area contributed by atoms with E-state index in [1.54, 1.807) is 12.3 Å². The second-order valence-corrected chi connectivity index (χ2v) is 3.60. The van der Waals surface area contributed by atoms with E-state index in [9.17, 15) is 4.79 Å². The fourth-order valence-electron chi connectivity index (χ4n) is 0.865. The molecule has 0 atom stereocenters. The van der Waals surface area contributed by atoms with Crippen molar-refractivity contribution in [2.24, 2.45) is 0 Å². The van der Waals surface area contributed by atoms with Crippen molar-refractivity contribution < 1.29 is 4.79 Å². The quantitative estimate of drug-likeness (QED) is 0.533. The molecule has 4 nitrogen and oxygen atoms in total. The smallest absolute Gasteiger partial charge is 0.234 e. The lowest BCUT2D eigenvalue weighted by Gasteiger charge is -2.02. The summed E-state index contributed by atoms with van der Waals surface area (Å²) in [6.45, 7) is 5.01. The van der Waals surface area contributed by atoms with Crippen molar-refractivity contribution in [3.05, 3.63) is 29.2 Å². The molecule has 1 rings (SSSR count). The average Bonchev–Trinajstić information content (AvgIpc) is 2.68. The molecule has 1 heterocycles. The first kappa shape index (κ1) is 10.9. The first-order chi connectivity index (χ1) is 6.83. The molecule has 0 unspecified atom stereocenters. The molecule has 5 heteroatoms. The largest absolute Gasteiger partial charge is 0.348 e. The minimum atomic E-state index is -0.0259. The topological polar surface area (TPSA) is 54.0 Å². The summed E-state index contributed by atoms with van der Waals surface area (Å²) in [6.07, 6.45) is 3.44. The van der Waals surface area contributed by atoms with Gasteiger partial charge >= 0.3 is 0 Å². The maximum Gasteiger partial charge on any atom is 0.234 e. The predicted octanol–water partition coefficient (Wildman–Crippen LogP) is 0.535. The Bertz CT molecular complexity index is 284. The normalized spacial score (nSPS) is 9.71. The van der Waals surface area contributed by atoms with E-state index in [1.165, 1.54) is 11.3 Å². The molecule has 14 heavy (non-hydrogen) atoms. The molecule has 0 radical (unpaired) electrons. The highest BCUT2D eigenvalue weighted by molar-refractivity contribution is 7.09. The zero-order chi connectivity index (χ0) is 10.2. The monoisotopic (exact) mass is 211 g/mol. The maximum atomic E-state index is 11.2. The lowest BCUT2D eigenvalue weighted by molar-refractivity contribution is -0.120. The Hall–Kier alpha value is -1.20. The van der Waals surface area contributed by atoms with Crippen LogP contribution < -0.4 is 10.6 Å². The molecular formula is C9H13N3OS. The number of thiazole rings is 1. The first-order valence-corrected chi connectivity index (χ1v) is 5.17. The Morgan fingerprint density at radius 1 is 1.71 bits per heavy atom. The van der Waals surface area contributed by atoms with Gasteiger partial charge in [-0.2, -0.15) is 0 Å². The van der Waals surface area contributed by atoms with Crippen molar-refractivity contribution in [1.82, 2.24) is 15.6 Å². The van der Waals surface area contributed by atoms with Crippen molar-refractivity contribution in [2.45, 2.75) is 6.54 Å². The van der Waals surface area contributed by atoms with E-state index in [0.717, 1.165) is 5.01 Å². The number of aromatic nitrogens is 1. The van der Waals surface area contributed by atoms with Crippen LogP contribution in [0.15, 0.2) is 24.2 Å². The zero-order valence-electron chi connectivity index (χ0n) is 7.82. The Kier molecular flexibility index (Phi) is 4.88. The molecule has 0 aromatic carbocycles. The Morgan fingerprint density at radius 2 is 2.57 bits per heavy atom. The number of carbonyl (C=O) groups excluding carboxylic acids is 1. The Labute approximate surface area is 87.1 Å². The molecule has 0 bridgehead atoms. The van der Waals surface area contributed by atoms with Gasteiger partial charge in [0.05, 0.1) is 13.1 Å². The summed E-state index contributed by atoms with van der Waals surface area (Å²) < 4.78 is 0. The van der Waals surface area contributed by atoms with E-state index in [0.29, 0.717) is 19.6 Å². The fourth-order valence-corrected chi connectivity index (χ4v) is 1.42. The predicted molar refractivity (Wildman–Crippen MR) is 57.0 cm³/mol. The van der Waals surface area contributed by atoms with Crippen LogP contribution in [0.5, 0.6) is 0 Å². The van der Waals surface area contributed by atoms with Crippen LogP contribution in [0.1, 0.15) is 5.01 Å². The van der Waals surface area contributed by atoms with Crippen LogP contribution in [0.4, 0.5) is 0 Å². The molecular weight excluding hydrogens is 198 g/mol. The molecule has 1 aromatic rings. The van der Waals surface area contributed by atoms with Gasteiger partial charge in [0.2, 0.25) is 5.91 Å². The molecule has 0 spiro atoms. The number of amides is 1. The molecule has 0 aliphatic carbocycles. The number of rotatable bonds is 6. The highest BCUT2D eigenvalue weighted by Gasteiger charge is 2.00. The number of nitrogens with zero attached hydrogens (tertiary/aromatic N) is 1. The molecule has 0 aliphatic heterocycles. The van der Waals surface area contributed by atoms with Gasteiger partial charge in [-0.25, -0.2) is 4.98 Å². The Balaban J connectivity index is 2.12. The second-order valence-electron chi connectivity index (χ2n) is 2.62. The minimum absolute atomic E-state index is 0.0259. The van der Waals surface area contributed by atoms with Gasteiger partial charge in [0, 0.05) is 18.1 Å². The summed E-state index contributed by atoms with van der Waals surface area (Å²) in [5.41, 5.74) is 0. The lowest BCUT2D eigenvalue weighted by Crippen LogP contribution is -2.33. The van der Waals surface area contributed by atoms with Gasteiger partial charge in [-0.1, -0.05) is 6.08 Å². The van der Waals surface area contributed by atoms with Gasteiger partial charge in [-0.05, 0) is 0 Å². The lowest BCUT2D eigenvalue weighted by atomic mass is 10.5. The van der Waals surface area contributed by atoms with Crippen LogP contribution in [-0.2, 0) is 11.3 Å². The van der Waals surface area contributed by atoms with Crippen molar-refractivity contribution in [2.75, 3.05) is 13.1 Å². The van der Waals surface area contributed by atoms with E-state index in [2.05, 4.69) is 22.2 Å². The van der Waals surface area contributed by atoms with Crippen molar-refractivity contribution in [3.63, 3.8) is 0 Å². The first-order valence-electron chi connectivity index (χ1n) is 4.29. The third kappa shape index (κ3) is 4.15. The van der Waals surface area contributed by atoms with Crippen molar-refractivity contribution in [3.8, 4) is 0 Å². The van der Waals surface area contributed by atoms with Gasteiger partial charge in [0.1, 0.15) is 5.01 Å². The molecule has 76 valence electrons. The van der Waals surface area contributed by atoms with E-state index in [1.807, 2.05) is 5.38 Å². The SMILES string of the molecule is C=CCNCC(=O)NCc1nccs1. The average molecular weight is 211 g/mol. The standard InChI is InChI=1S/C9H13N3OS/c1-2-3-10-6-8(13)12-7-9-11-4-5-14-9/h2,4-5,10H,1,3,6-7H2,(H,12,13). The molecule has 2 N–H and O–H groups in total. The highest BCUT2D eigenvalue weighted by atomic mass is 32.1. The number of hydrogen-bond donors (Lipinski definition) is 2. The van der Waals surface area contributed by atoms with E-state index >= 15 is 0 Å². The summed E-state index contributed by atoms with van der Waals surface area (Å²) in [5.74, 6) is -0.0259. The maximum absolute atomic E-state index is 11.2. The third-order valence-electron chi connectivity index (χ3n) is 1.49. The molecule has 0 saturated carbocycles. The van der Waals surface area contributed by atoms with Gasteiger partial charge in [-0.15, -0.1) is 17.9 Å². The number of hydrogen-bond acceptors (Lipinski definition) is 4. The number of nitrogens with one attached hydrogen (secondary N) is 2. The van der Waals surface area contributed by atoms with Crippen LogP contribution in [0.25, 0.3) is 0 Å². The second kappa shape index (κ2) is 6.28. The summed E-state index contributed by atoms with van der Waals surface area (Å²) in [4.78, 5) is 15.2. The van der Waals surface area contributed by atoms with E-state index < -0.39 is 0 Å². The summed E-state index contributed by atoms with van der Waals surface area (Å²) >= 11 is 1.53. The summed E-state index contributed by atoms with van der Waals surface area (Å²) in [6, 6.07) is 0. The molecule has 1 aromatic heterocycles. The van der Waals surface area contributed by atoms with Crippen LogP contribution >= 0.6 is 11.3 Å². The van der Waals surface area contributed by atoms with Gasteiger partial charge in [-0.3, -0.25) is 4.79 Å². The van der Waals surface area contributed by atoms with E-state index in [-0.39, 0.29) is 5.91 Å². The van der Waals surface area contributed by atoms with Crippen LogP contribution in [0.3, 0.4) is 0 Å². The van der Waals surface area contributed by atoms with Crippen LogP contribution in [0.2, 0.25) is 0 Å². The molecule has 1 amide bonds. The van der Waals surface area contributed by atoms with Crippen LogP contribution in [-0.4, -0.2) is 24.0 Å².